The Kier molecular flexibility index (Phi) is 8.67. The molecule has 0 radical (unpaired) electrons. The summed E-state index contributed by atoms with van der Waals surface area (Å²) in [5.41, 5.74) is 2.07. The van der Waals surface area contributed by atoms with Crippen LogP contribution in [0.15, 0.2) is 42.5 Å². The molecule has 0 aliphatic carbocycles. The van der Waals surface area contributed by atoms with Crippen molar-refractivity contribution in [2.45, 2.75) is 32.7 Å². The average Bonchev–Trinajstić information content (AvgIpc) is 2.71. The minimum absolute atomic E-state index is 0.176. The Morgan fingerprint density at radius 2 is 1.86 bits per heavy atom. The average molecular weight is 382 g/mol. The number of ether oxygens (including phenoxy) is 3. The van der Waals surface area contributed by atoms with E-state index >= 15 is 0 Å². The van der Waals surface area contributed by atoms with Crippen LogP contribution < -0.4 is 19.5 Å². The summed E-state index contributed by atoms with van der Waals surface area (Å²) in [6.07, 6.45) is 2.00. The summed E-state index contributed by atoms with van der Waals surface area (Å²) in [5.74, 6) is 1.61. The zero-order valence-electron chi connectivity index (χ0n) is 16.4. The van der Waals surface area contributed by atoms with Crippen molar-refractivity contribution in [2.24, 2.45) is 0 Å². The molecule has 0 spiro atoms. The zero-order chi connectivity index (χ0) is 20.2. The normalized spacial score (nSPS) is 10.0. The van der Waals surface area contributed by atoms with Crippen molar-refractivity contribution in [3.05, 3.63) is 53.6 Å². The topological polar surface area (TPSA) is 80.6 Å². The summed E-state index contributed by atoms with van der Waals surface area (Å²) in [6.45, 7) is 3.12. The van der Waals surface area contributed by atoms with E-state index in [0.717, 1.165) is 24.2 Å². The lowest BCUT2D eigenvalue weighted by molar-refractivity contribution is -0.120. The maximum Gasteiger partial charge on any atom is 0.234 e. The lowest BCUT2D eigenvalue weighted by atomic mass is 10.1. The van der Waals surface area contributed by atoms with Crippen LogP contribution in [0.25, 0.3) is 0 Å². The van der Waals surface area contributed by atoms with Gasteiger partial charge in [0.25, 0.3) is 0 Å². The number of nitriles is 1. The number of hydrogen-bond donors (Lipinski definition) is 1. The highest BCUT2D eigenvalue weighted by atomic mass is 16.5. The third-order valence-electron chi connectivity index (χ3n) is 4.06. The molecule has 0 aliphatic rings. The number of benzene rings is 2. The van der Waals surface area contributed by atoms with Gasteiger partial charge in [-0.2, -0.15) is 5.26 Å². The van der Waals surface area contributed by atoms with Gasteiger partial charge in [0.1, 0.15) is 25.4 Å². The van der Waals surface area contributed by atoms with E-state index in [1.54, 1.807) is 13.2 Å². The van der Waals surface area contributed by atoms with Crippen LogP contribution in [-0.2, 0) is 17.8 Å². The van der Waals surface area contributed by atoms with Crippen molar-refractivity contribution < 1.29 is 19.0 Å². The number of carbonyl (C=O) groups excluding carboxylic acids is 1. The highest BCUT2D eigenvalue weighted by Crippen LogP contribution is 2.31. The van der Waals surface area contributed by atoms with Crippen LogP contribution in [-0.4, -0.2) is 26.2 Å². The first-order valence-electron chi connectivity index (χ1n) is 9.32. The molecular formula is C22H26N2O4. The third-order valence-corrected chi connectivity index (χ3v) is 4.06. The third kappa shape index (κ3) is 6.51. The van der Waals surface area contributed by atoms with Crippen LogP contribution in [0.3, 0.4) is 0 Å². The van der Waals surface area contributed by atoms with Crippen molar-refractivity contribution in [1.29, 1.82) is 5.26 Å². The molecule has 2 aromatic rings. The molecule has 0 aromatic heterocycles. The summed E-state index contributed by atoms with van der Waals surface area (Å²) in [5, 5.41) is 11.3. The summed E-state index contributed by atoms with van der Waals surface area (Å²) in [6, 6.07) is 15.4. The molecule has 1 N–H and O–H groups in total. The van der Waals surface area contributed by atoms with Gasteiger partial charge in [0, 0.05) is 12.1 Å². The first kappa shape index (κ1) is 21.1. The van der Waals surface area contributed by atoms with Crippen molar-refractivity contribution in [2.75, 3.05) is 20.3 Å². The van der Waals surface area contributed by atoms with E-state index < -0.39 is 0 Å². The van der Waals surface area contributed by atoms with Crippen LogP contribution in [0.2, 0.25) is 0 Å². The van der Waals surface area contributed by atoms with Gasteiger partial charge in [-0.25, -0.2) is 0 Å². The molecule has 0 saturated carbocycles. The minimum atomic E-state index is -0.328. The number of hydrogen-bond acceptors (Lipinski definition) is 5. The van der Waals surface area contributed by atoms with Gasteiger partial charge >= 0.3 is 0 Å². The molecule has 2 rings (SSSR count). The largest absolute Gasteiger partial charge is 0.493 e. The van der Waals surface area contributed by atoms with Crippen molar-refractivity contribution >= 4 is 5.91 Å². The van der Waals surface area contributed by atoms with Crippen molar-refractivity contribution in [3.8, 4) is 23.3 Å². The lowest BCUT2D eigenvalue weighted by Crippen LogP contribution is -2.22. The van der Waals surface area contributed by atoms with Gasteiger partial charge in [-0.1, -0.05) is 37.6 Å². The van der Waals surface area contributed by atoms with Gasteiger partial charge in [-0.15, -0.1) is 0 Å². The molecule has 2 aromatic carbocycles. The maximum atomic E-state index is 11.5. The molecule has 0 bridgehead atoms. The molecule has 28 heavy (non-hydrogen) atoms. The van der Waals surface area contributed by atoms with Crippen molar-refractivity contribution in [3.63, 3.8) is 0 Å². The molecule has 148 valence electrons. The Balaban J connectivity index is 1.91. The summed E-state index contributed by atoms with van der Waals surface area (Å²) >= 11 is 0. The zero-order valence-corrected chi connectivity index (χ0v) is 16.4. The molecule has 0 fully saturated rings. The molecule has 1 amide bonds. The molecule has 0 heterocycles. The van der Waals surface area contributed by atoms with Gasteiger partial charge in [0.05, 0.1) is 13.2 Å². The summed E-state index contributed by atoms with van der Waals surface area (Å²) in [4.78, 5) is 11.5. The second kappa shape index (κ2) is 11.5. The second-order valence-electron chi connectivity index (χ2n) is 6.15. The quantitative estimate of drug-likeness (QED) is 0.600. The first-order valence-corrected chi connectivity index (χ1v) is 9.32. The number of amides is 1. The van der Waals surface area contributed by atoms with E-state index in [0.29, 0.717) is 24.7 Å². The Hall–Kier alpha value is -3.20. The van der Waals surface area contributed by atoms with Crippen molar-refractivity contribution in [1.82, 2.24) is 5.32 Å². The molecule has 0 atom stereocenters. The van der Waals surface area contributed by atoms with Gasteiger partial charge < -0.3 is 19.5 Å². The SMILES string of the molecule is CCCc1ccc(OCCOc2c(CNC(=O)CC#N)cccc2OC)cc1. The molecular weight excluding hydrogens is 356 g/mol. The summed E-state index contributed by atoms with van der Waals surface area (Å²) < 4.78 is 17.0. The summed E-state index contributed by atoms with van der Waals surface area (Å²) in [7, 11) is 1.56. The van der Waals surface area contributed by atoms with Crippen LogP contribution in [0.1, 0.15) is 30.9 Å². The number of rotatable bonds is 11. The monoisotopic (exact) mass is 382 g/mol. The van der Waals surface area contributed by atoms with Crippen LogP contribution in [0.4, 0.5) is 0 Å². The van der Waals surface area contributed by atoms with E-state index in [1.807, 2.05) is 30.3 Å². The second-order valence-corrected chi connectivity index (χ2v) is 6.15. The fraction of sp³-hybridized carbons (Fsp3) is 0.364. The van der Waals surface area contributed by atoms with E-state index in [-0.39, 0.29) is 18.9 Å². The van der Waals surface area contributed by atoms with Gasteiger partial charge in [-0.3, -0.25) is 4.79 Å². The highest BCUT2D eigenvalue weighted by Gasteiger charge is 2.12. The minimum Gasteiger partial charge on any atom is -0.493 e. The lowest BCUT2D eigenvalue weighted by Gasteiger charge is -2.16. The fourth-order valence-electron chi connectivity index (χ4n) is 2.70. The number of aryl methyl sites for hydroxylation is 1. The van der Waals surface area contributed by atoms with Gasteiger partial charge in [0.2, 0.25) is 5.91 Å². The number of methoxy groups -OCH3 is 1. The van der Waals surface area contributed by atoms with Crippen LogP contribution >= 0.6 is 0 Å². The standard InChI is InChI=1S/C22H26N2O4/c1-3-5-17-8-10-19(11-9-17)27-14-15-28-22-18(6-4-7-20(22)26-2)16-24-21(25)12-13-23/h4,6-11H,3,5,12,14-16H2,1-2H3,(H,24,25). The van der Waals surface area contributed by atoms with Gasteiger partial charge in [-0.05, 0) is 30.2 Å². The van der Waals surface area contributed by atoms with E-state index in [4.69, 9.17) is 19.5 Å². The van der Waals surface area contributed by atoms with Crippen LogP contribution in [0.5, 0.6) is 17.2 Å². The van der Waals surface area contributed by atoms with E-state index in [1.165, 1.54) is 5.56 Å². The predicted molar refractivity (Wildman–Crippen MR) is 106 cm³/mol. The van der Waals surface area contributed by atoms with Gasteiger partial charge in [0.15, 0.2) is 11.5 Å². The Morgan fingerprint density at radius 1 is 1.11 bits per heavy atom. The molecule has 6 nitrogen and oxygen atoms in total. The van der Waals surface area contributed by atoms with E-state index in [2.05, 4.69) is 24.4 Å². The predicted octanol–water partition coefficient (Wildman–Crippen LogP) is 3.64. The van der Waals surface area contributed by atoms with Crippen LogP contribution in [0, 0.1) is 11.3 Å². The molecule has 0 saturated heterocycles. The number of nitrogens with zero attached hydrogens (tertiary/aromatic N) is 1. The number of carbonyl (C=O) groups is 1. The first-order chi connectivity index (χ1) is 13.7. The number of nitrogens with one attached hydrogen (secondary N) is 1. The maximum absolute atomic E-state index is 11.5. The molecule has 0 aliphatic heterocycles. The van der Waals surface area contributed by atoms with E-state index in [9.17, 15) is 4.79 Å². The molecule has 6 heteroatoms. The number of para-hydroxylation sites is 1. The molecule has 0 unspecified atom stereocenters. The Bertz CT molecular complexity index is 797. The Labute approximate surface area is 166 Å². The fourth-order valence-corrected chi connectivity index (χ4v) is 2.70. The smallest absolute Gasteiger partial charge is 0.234 e. The Morgan fingerprint density at radius 3 is 2.54 bits per heavy atom. The highest BCUT2D eigenvalue weighted by molar-refractivity contribution is 5.78.